The van der Waals surface area contributed by atoms with Gasteiger partial charge in [0.2, 0.25) is 0 Å². The van der Waals surface area contributed by atoms with Gasteiger partial charge in [0.15, 0.2) is 0 Å². The lowest BCUT2D eigenvalue weighted by Gasteiger charge is -2.06. The Morgan fingerprint density at radius 2 is 1.20 bits per heavy atom. The molecule has 0 unspecified atom stereocenters. The Morgan fingerprint density at radius 3 is 1.45 bits per heavy atom. The molecule has 2 rings (SSSR count). The third-order valence-corrected chi connectivity index (χ3v) is 2.45. The van der Waals surface area contributed by atoms with Crippen molar-refractivity contribution in [2.45, 2.75) is 0 Å². The van der Waals surface area contributed by atoms with E-state index in [2.05, 4.69) is 9.97 Å². The molecule has 0 aliphatic heterocycles. The van der Waals surface area contributed by atoms with Crippen LogP contribution < -0.4 is 11.5 Å². The maximum atomic E-state index is 10.6. The molecule has 0 aliphatic carbocycles. The molecule has 0 saturated carbocycles. The summed E-state index contributed by atoms with van der Waals surface area (Å²) in [5, 5.41) is 21.2. The first-order chi connectivity index (χ1) is 9.40. The maximum absolute atomic E-state index is 10.6. The van der Waals surface area contributed by atoms with Crippen LogP contribution >= 0.6 is 0 Å². The number of aromatic nitrogens is 2. The van der Waals surface area contributed by atoms with Crippen molar-refractivity contribution in [2.75, 3.05) is 11.5 Å². The highest BCUT2D eigenvalue weighted by molar-refractivity contribution is 5.80. The number of nitrogens with zero attached hydrogens (tertiary/aromatic N) is 4. The topological polar surface area (TPSA) is 164 Å². The summed E-state index contributed by atoms with van der Waals surface area (Å²) in [6, 6.07) is 2.23. The molecule has 2 aromatic heterocycles. The van der Waals surface area contributed by atoms with Crippen molar-refractivity contribution in [2.24, 2.45) is 0 Å². The first kappa shape index (κ1) is 13.1. The molecule has 0 spiro atoms. The Hall–Kier alpha value is -3.30. The van der Waals surface area contributed by atoms with Crippen LogP contribution in [0, 0.1) is 20.2 Å². The minimum Gasteiger partial charge on any atom is -0.397 e. The second-order valence-corrected chi connectivity index (χ2v) is 3.78. The monoisotopic (exact) mass is 276 g/mol. The summed E-state index contributed by atoms with van der Waals surface area (Å²) in [5.41, 5.74) is 11.0. The summed E-state index contributed by atoms with van der Waals surface area (Å²) in [6.07, 6.45) is 2.02. The molecule has 0 fully saturated rings. The van der Waals surface area contributed by atoms with Gasteiger partial charge in [-0.3, -0.25) is 20.2 Å². The predicted octanol–water partition coefficient (Wildman–Crippen LogP) is 1.12. The van der Waals surface area contributed by atoms with Gasteiger partial charge in [-0.25, -0.2) is 9.97 Å². The fourth-order valence-electron chi connectivity index (χ4n) is 1.54. The van der Waals surface area contributed by atoms with Crippen molar-refractivity contribution in [1.29, 1.82) is 0 Å². The van der Waals surface area contributed by atoms with Crippen LogP contribution in [-0.2, 0) is 0 Å². The lowest BCUT2D eigenvalue weighted by Crippen LogP contribution is -2.02. The van der Waals surface area contributed by atoms with Crippen LogP contribution in [0.25, 0.3) is 11.4 Å². The Kier molecular flexibility index (Phi) is 3.13. The van der Waals surface area contributed by atoms with E-state index in [4.69, 9.17) is 11.5 Å². The minimum absolute atomic E-state index is 0.00672. The average Bonchev–Trinajstić information content (AvgIpc) is 2.38. The smallest absolute Gasteiger partial charge is 0.289 e. The highest BCUT2D eigenvalue weighted by Crippen LogP contribution is 2.30. The van der Waals surface area contributed by atoms with Crippen molar-refractivity contribution >= 4 is 22.7 Å². The van der Waals surface area contributed by atoms with Gasteiger partial charge in [0, 0.05) is 12.1 Å². The molecule has 10 heteroatoms. The molecule has 4 N–H and O–H groups in total. The van der Waals surface area contributed by atoms with E-state index in [9.17, 15) is 20.2 Å². The summed E-state index contributed by atoms with van der Waals surface area (Å²) in [4.78, 5) is 27.5. The first-order valence-electron chi connectivity index (χ1n) is 5.20. The quantitative estimate of drug-likeness (QED) is 0.621. The number of hydrogen-bond donors (Lipinski definition) is 2. The standard InChI is InChI=1S/C10H8N6O4/c11-7-1-5(15(17)18)3-13-9(7)10-8(12)2-6(4-14-10)16(19)20/h1-4H,11-12H2. The molecule has 0 radical (unpaired) electrons. The largest absolute Gasteiger partial charge is 0.397 e. The third-order valence-electron chi connectivity index (χ3n) is 2.45. The van der Waals surface area contributed by atoms with Gasteiger partial charge in [-0.1, -0.05) is 0 Å². The molecular weight excluding hydrogens is 268 g/mol. The molecule has 0 aromatic carbocycles. The van der Waals surface area contributed by atoms with Crippen LogP contribution in [0.4, 0.5) is 22.7 Å². The van der Waals surface area contributed by atoms with E-state index in [0.717, 1.165) is 24.5 Å². The summed E-state index contributed by atoms with van der Waals surface area (Å²) < 4.78 is 0. The van der Waals surface area contributed by atoms with Crippen LogP contribution in [0.3, 0.4) is 0 Å². The van der Waals surface area contributed by atoms with Crippen LogP contribution in [0.5, 0.6) is 0 Å². The van der Waals surface area contributed by atoms with Gasteiger partial charge in [0.05, 0.1) is 21.2 Å². The number of nitrogens with two attached hydrogens (primary N) is 2. The average molecular weight is 276 g/mol. The van der Waals surface area contributed by atoms with E-state index in [1.54, 1.807) is 0 Å². The molecule has 0 bridgehead atoms. The van der Waals surface area contributed by atoms with Crippen LogP contribution in [0.1, 0.15) is 0 Å². The van der Waals surface area contributed by atoms with E-state index in [-0.39, 0.29) is 34.1 Å². The molecule has 10 nitrogen and oxygen atoms in total. The Balaban J connectivity index is 2.52. The van der Waals surface area contributed by atoms with Gasteiger partial charge in [0.25, 0.3) is 11.4 Å². The zero-order valence-electron chi connectivity index (χ0n) is 9.89. The summed E-state index contributed by atoms with van der Waals surface area (Å²) >= 11 is 0. The molecular formula is C10H8N6O4. The van der Waals surface area contributed by atoms with Crippen LogP contribution in [0.2, 0.25) is 0 Å². The van der Waals surface area contributed by atoms with Crippen LogP contribution in [-0.4, -0.2) is 19.8 Å². The van der Waals surface area contributed by atoms with E-state index in [0.29, 0.717) is 0 Å². The summed E-state index contributed by atoms with van der Waals surface area (Å²) in [5.74, 6) is 0. The Labute approximate surface area is 111 Å². The van der Waals surface area contributed by atoms with Crippen molar-refractivity contribution in [3.63, 3.8) is 0 Å². The van der Waals surface area contributed by atoms with E-state index in [1.807, 2.05) is 0 Å². The van der Waals surface area contributed by atoms with E-state index >= 15 is 0 Å². The van der Waals surface area contributed by atoms with Crippen molar-refractivity contribution in [3.05, 3.63) is 44.8 Å². The SMILES string of the molecule is Nc1cc([N+](=O)[O-])cnc1-c1ncc([N+](=O)[O-])cc1N. The van der Waals surface area contributed by atoms with Gasteiger partial charge >= 0.3 is 0 Å². The zero-order chi connectivity index (χ0) is 14.9. The highest BCUT2D eigenvalue weighted by atomic mass is 16.6. The van der Waals surface area contributed by atoms with Crippen molar-refractivity contribution in [3.8, 4) is 11.4 Å². The number of nitro groups is 2. The summed E-state index contributed by atoms with van der Waals surface area (Å²) in [6.45, 7) is 0. The molecule has 0 saturated heterocycles. The number of hydrogen-bond acceptors (Lipinski definition) is 8. The van der Waals surface area contributed by atoms with Gasteiger partial charge in [0.1, 0.15) is 23.8 Å². The van der Waals surface area contributed by atoms with Gasteiger partial charge < -0.3 is 11.5 Å². The molecule has 20 heavy (non-hydrogen) atoms. The first-order valence-corrected chi connectivity index (χ1v) is 5.20. The molecule has 102 valence electrons. The third kappa shape index (κ3) is 2.29. The highest BCUT2D eigenvalue weighted by Gasteiger charge is 2.17. The molecule has 2 aromatic rings. The lowest BCUT2D eigenvalue weighted by molar-refractivity contribution is -0.385. The van der Waals surface area contributed by atoms with Crippen molar-refractivity contribution < 1.29 is 9.85 Å². The zero-order valence-corrected chi connectivity index (χ0v) is 9.89. The van der Waals surface area contributed by atoms with E-state index < -0.39 is 9.85 Å². The second kappa shape index (κ2) is 4.76. The van der Waals surface area contributed by atoms with Gasteiger partial charge in [-0.15, -0.1) is 0 Å². The number of pyridine rings is 2. The van der Waals surface area contributed by atoms with E-state index in [1.165, 1.54) is 0 Å². The fourth-order valence-corrected chi connectivity index (χ4v) is 1.54. The maximum Gasteiger partial charge on any atom is 0.289 e. The Morgan fingerprint density at radius 1 is 0.850 bits per heavy atom. The van der Waals surface area contributed by atoms with Gasteiger partial charge in [-0.2, -0.15) is 0 Å². The fraction of sp³-hybridized carbons (Fsp3) is 0. The number of rotatable bonds is 3. The minimum atomic E-state index is -0.639. The normalized spacial score (nSPS) is 10.2. The summed E-state index contributed by atoms with van der Waals surface area (Å²) in [7, 11) is 0. The van der Waals surface area contributed by atoms with Crippen LogP contribution in [0.15, 0.2) is 24.5 Å². The van der Waals surface area contributed by atoms with Crippen molar-refractivity contribution in [1.82, 2.24) is 9.97 Å². The molecule has 0 atom stereocenters. The van der Waals surface area contributed by atoms with Gasteiger partial charge in [-0.05, 0) is 0 Å². The lowest BCUT2D eigenvalue weighted by atomic mass is 10.1. The molecule has 2 heterocycles. The number of nitrogen functional groups attached to an aromatic ring is 2. The number of anilines is 2. The molecule has 0 aliphatic rings. The Bertz CT molecular complexity index is 655. The molecule has 0 amide bonds. The predicted molar refractivity (Wildman–Crippen MR) is 69.6 cm³/mol. The second-order valence-electron chi connectivity index (χ2n) is 3.78.